The Morgan fingerprint density at radius 2 is 2.43 bits per heavy atom. The van der Waals surface area contributed by atoms with Crippen molar-refractivity contribution in [2.45, 2.75) is 0 Å². The molecule has 0 atom stereocenters. The van der Waals surface area contributed by atoms with Crippen molar-refractivity contribution in [1.29, 1.82) is 0 Å². The number of carbonyl (C=O) groups excluding carboxylic acids is 1. The van der Waals surface area contributed by atoms with Crippen LogP contribution < -0.4 is 0 Å². The topological polar surface area (TPSA) is 26.3 Å². The molecule has 0 aromatic carbocycles. The summed E-state index contributed by atoms with van der Waals surface area (Å²) >= 11 is 1.94. The van der Waals surface area contributed by atoms with Crippen molar-refractivity contribution in [3.05, 3.63) is 0 Å². The van der Waals surface area contributed by atoms with Crippen LogP contribution in [0.25, 0.3) is 0 Å². The number of hydrogen-bond donors (Lipinski definition) is 0. The third-order valence-corrected chi connectivity index (χ3v) is 0.960. The van der Waals surface area contributed by atoms with Gasteiger partial charge in [0.1, 0.15) is 0 Å². The van der Waals surface area contributed by atoms with Crippen molar-refractivity contribution in [2.75, 3.05) is 11.5 Å². The molecule has 0 fully saturated rings. The number of carbonyl (C=O) groups is 1. The van der Waals surface area contributed by atoms with Crippen LogP contribution in [0.4, 0.5) is 0 Å². The molecule has 0 spiro atoms. The maximum atomic E-state index is 9.95. The molecular formula is C3H7INaO2+. The number of alkyl halides is 1. The van der Waals surface area contributed by atoms with Gasteiger partial charge in [-0.25, -0.2) is 0 Å². The van der Waals surface area contributed by atoms with E-state index in [1.807, 2.05) is 22.6 Å². The van der Waals surface area contributed by atoms with E-state index in [1.165, 1.54) is 7.11 Å². The molecular weight excluding hydrogens is 218 g/mol. The predicted octanol–water partition coefficient (Wildman–Crippen LogP) is 0.0584. The zero-order valence-electron chi connectivity index (χ0n) is 4.40. The summed E-state index contributed by atoms with van der Waals surface area (Å²) in [6.45, 7) is 0. The minimum atomic E-state index is -0.171. The van der Waals surface area contributed by atoms with E-state index in [9.17, 15) is 4.79 Å². The molecule has 2 nitrogen and oxygen atoms in total. The van der Waals surface area contributed by atoms with Crippen LogP contribution in [0.2, 0.25) is 0 Å². The Morgan fingerprint density at radius 3 is 2.43 bits per heavy atom. The van der Waals surface area contributed by atoms with E-state index < -0.39 is 0 Å². The summed E-state index contributed by atoms with van der Waals surface area (Å²) in [6, 6.07) is 0. The van der Waals surface area contributed by atoms with Gasteiger partial charge in [-0.1, -0.05) is 22.6 Å². The van der Waals surface area contributed by atoms with Crippen molar-refractivity contribution in [1.82, 2.24) is 0 Å². The second kappa shape index (κ2) is 7.20. The molecule has 0 amide bonds. The first-order chi connectivity index (χ1) is 2.81. The van der Waals surface area contributed by atoms with Gasteiger partial charge in [-0.05, 0) is 0 Å². The molecule has 0 unspecified atom stereocenters. The second-order valence-electron chi connectivity index (χ2n) is 0.710. The third kappa shape index (κ3) is 7.20. The first-order valence-electron chi connectivity index (χ1n) is 1.44. The van der Waals surface area contributed by atoms with Crippen molar-refractivity contribution in [3.63, 3.8) is 0 Å². The van der Waals surface area contributed by atoms with Gasteiger partial charge in [0.15, 0.2) is 0 Å². The van der Waals surface area contributed by atoms with Gasteiger partial charge < -0.3 is 4.74 Å². The average molecular weight is 225 g/mol. The molecule has 0 N–H and O–H groups in total. The fourth-order valence-electron chi connectivity index (χ4n) is 0.0546. The zero-order chi connectivity index (χ0) is 4.99. The first kappa shape index (κ1) is 11.1. The van der Waals surface area contributed by atoms with Crippen molar-refractivity contribution in [3.8, 4) is 0 Å². The average Bonchev–Trinajstić information content (AvgIpc) is 1.65. The Kier molecular flexibility index (Phi) is 11.4. The van der Waals surface area contributed by atoms with Crippen LogP contribution in [0.3, 0.4) is 0 Å². The van der Waals surface area contributed by atoms with E-state index in [-0.39, 0.29) is 37.0 Å². The van der Waals surface area contributed by atoms with Crippen LogP contribution in [0, 0.1) is 0 Å². The Labute approximate surface area is 79.9 Å². The van der Waals surface area contributed by atoms with Gasteiger partial charge in [-0.15, -0.1) is 0 Å². The Balaban J connectivity index is -0.000000125. The van der Waals surface area contributed by atoms with Crippen molar-refractivity contribution < 1.29 is 11.0 Å². The molecule has 38 valence electrons. The fourth-order valence-corrected chi connectivity index (χ4v) is 0.366. The maximum absolute atomic E-state index is 9.95. The van der Waals surface area contributed by atoms with Crippen LogP contribution in [0.15, 0.2) is 0 Å². The minimum absolute atomic E-state index is 0. The molecule has 0 aromatic rings. The predicted molar refractivity (Wildman–Crippen MR) is 39.2 cm³/mol. The van der Waals surface area contributed by atoms with Crippen molar-refractivity contribution >= 4 is 58.1 Å². The number of esters is 1. The fraction of sp³-hybridized carbons (Fsp3) is 0.667. The van der Waals surface area contributed by atoms with Crippen LogP contribution >= 0.6 is 22.6 Å². The molecule has 0 aliphatic rings. The van der Waals surface area contributed by atoms with E-state index in [0.29, 0.717) is 4.43 Å². The zero-order valence-corrected chi connectivity index (χ0v) is 5.56. The van der Waals surface area contributed by atoms with Crippen LogP contribution in [0.1, 0.15) is 1.43 Å². The second-order valence-corrected chi connectivity index (χ2v) is 1.47. The van der Waals surface area contributed by atoms with Gasteiger partial charge in [0.05, 0.1) is 11.5 Å². The summed E-state index contributed by atoms with van der Waals surface area (Å²) < 4.78 is 4.69. The Bertz CT molecular complexity index is 55.2. The molecule has 0 aliphatic heterocycles. The molecule has 0 aliphatic carbocycles. The SMILES string of the molecule is COC(=O)CI.[H+].[NaH]. The molecule has 0 rings (SSSR count). The standard InChI is InChI=1S/C3H5IO2.Na.H/c1-6-3(5)2-4;;/h2H2,1H3;;/p+1. The summed E-state index contributed by atoms with van der Waals surface area (Å²) in [4.78, 5) is 9.95. The van der Waals surface area contributed by atoms with Crippen molar-refractivity contribution in [2.24, 2.45) is 0 Å². The molecule has 4 heteroatoms. The number of methoxy groups -OCH3 is 1. The number of halogens is 1. The molecule has 7 heavy (non-hydrogen) atoms. The van der Waals surface area contributed by atoms with Crippen LogP contribution in [-0.4, -0.2) is 47.1 Å². The molecule has 0 aromatic heterocycles. The van der Waals surface area contributed by atoms with E-state index in [2.05, 4.69) is 4.74 Å². The molecule has 0 radical (unpaired) electrons. The molecule has 0 saturated heterocycles. The van der Waals surface area contributed by atoms with Crippen LogP contribution in [-0.2, 0) is 9.53 Å². The van der Waals surface area contributed by atoms with E-state index in [1.54, 1.807) is 0 Å². The number of hydrogen-bond acceptors (Lipinski definition) is 2. The normalized spacial score (nSPS) is 6.57. The quantitative estimate of drug-likeness (QED) is 0.273. The van der Waals surface area contributed by atoms with Gasteiger partial charge in [-0.2, -0.15) is 0 Å². The molecule has 0 bridgehead atoms. The Morgan fingerprint density at radius 1 is 2.00 bits per heavy atom. The van der Waals surface area contributed by atoms with Gasteiger partial charge in [0.25, 0.3) is 0 Å². The van der Waals surface area contributed by atoms with Gasteiger partial charge >= 0.3 is 37.0 Å². The molecule has 0 heterocycles. The summed E-state index contributed by atoms with van der Waals surface area (Å²) in [5.41, 5.74) is 0. The monoisotopic (exact) mass is 225 g/mol. The summed E-state index contributed by atoms with van der Waals surface area (Å²) in [6.07, 6.45) is 0. The van der Waals surface area contributed by atoms with Gasteiger partial charge in [-0.3, -0.25) is 4.79 Å². The Hall–Kier alpha value is 1.20. The summed E-state index contributed by atoms with van der Waals surface area (Å²) in [5, 5.41) is 0. The van der Waals surface area contributed by atoms with Crippen LogP contribution in [0.5, 0.6) is 0 Å². The number of rotatable bonds is 1. The van der Waals surface area contributed by atoms with Gasteiger partial charge in [0.2, 0.25) is 0 Å². The molecule has 0 saturated carbocycles. The third-order valence-electron chi connectivity index (χ3n) is 0.337. The van der Waals surface area contributed by atoms with Gasteiger partial charge in [0, 0.05) is 0 Å². The summed E-state index contributed by atoms with van der Waals surface area (Å²) in [5.74, 6) is -0.171. The van der Waals surface area contributed by atoms with E-state index in [0.717, 1.165) is 0 Å². The van der Waals surface area contributed by atoms with E-state index >= 15 is 0 Å². The number of ether oxygens (including phenoxy) is 1. The summed E-state index contributed by atoms with van der Waals surface area (Å²) in [7, 11) is 1.38. The van der Waals surface area contributed by atoms with E-state index in [4.69, 9.17) is 0 Å². The first-order valence-corrected chi connectivity index (χ1v) is 2.96.